The second kappa shape index (κ2) is 4.27. The minimum absolute atomic E-state index is 0.251. The maximum absolute atomic E-state index is 5.67. The Balaban J connectivity index is 2.45. The van der Waals surface area contributed by atoms with Crippen LogP contribution < -0.4 is 0 Å². The number of hydrogen-bond acceptors (Lipinski definition) is 1. The molecule has 1 aliphatic carbocycles. The van der Waals surface area contributed by atoms with Crippen LogP contribution in [0.3, 0.4) is 0 Å². The molecule has 12 heavy (non-hydrogen) atoms. The van der Waals surface area contributed by atoms with E-state index in [-0.39, 0.29) is 5.60 Å². The van der Waals surface area contributed by atoms with Crippen LogP contribution in [0.1, 0.15) is 52.4 Å². The van der Waals surface area contributed by atoms with Gasteiger partial charge in [-0.3, -0.25) is 0 Å². The molecule has 0 aromatic heterocycles. The van der Waals surface area contributed by atoms with Gasteiger partial charge < -0.3 is 4.74 Å². The third-order valence-electron chi connectivity index (χ3n) is 3.32. The molecule has 0 amide bonds. The summed E-state index contributed by atoms with van der Waals surface area (Å²) in [6.07, 6.45) is 7.76. The SMILES string of the molecule is CCCC1(OC)CCC(C)CC1. The summed E-state index contributed by atoms with van der Waals surface area (Å²) in [7, 11) is 1.88. The fourth-order valence-corrected chi connectivity index (χ4v) is 2.30. The molecule has 0 saturated heterocycles. The summed E-state index contributed by atoms with van der Waals surface area (Å²) in [5.74, 6) is 0.921. The van der Waals surface area contributed by atoms with Gasteiger partial charge in [-0.15, -0.1) is 0 Å². The Morgan fingerprint density at radius 1 is 1.33 bits per heavy atom. The first-order valence-electron chi connectivity index (χ1n) is 5.27. The molecule has 0 heterocycles. The lowest BCUT2D eigenvalue weighted by molar-refractivity contribution is -0.0539. The Morgan fingerprint density at radius 2 is 1.92 bits per heavy atom. The highest BCUT2D eigenvalue weighted by molar-refractivity contribution is 4.85. The molecule has 1 aliphatic rings. The van der Waals surface area contributed by atoms with Gasteiger partial charge in [0.1, 0.15) is 0 Å². The highest BCUT2D eigenvalue weighted by Gasteiger charge is 2.32. The summed E-state index contributed by atoms with van der Waals surface area (Å²) >= 11 is 0. The van der Waals surface area contributed by atoms with Crippen LogP contribution in [0, 0.1) is 5.92 Å². The maximum Gasteiger partial charge on any atom is 0.0678 e. The Hall–Kier alpha value is -0.0400. The standard InChI is InChI=1S/C11H22O/c1-4-7-11(12-3)8-5-10(2)6-9-11/h10H,4-9H2,1-3H3. The zero-order valence-corrected chi connectivity index (χ0v) is 8.73. The van der Waals surface area contributed by atoms with Crippen molar-refractivity contribution in [1.29, 1.82) is 0 Å². The average Bonchev–Trinajstić information content (AvgIpc) is 2.10. The molecule has 1 fully saturated rings. The Bertz CT molecular complexity index is 123. The van der Waals surface area contributed by atoms with Crippen molar-refractivity contribution in [2.75, 3.05) is 7.11 Å². The summed E-state index contributed by atoms with van der Waals surface area (Å²) in [6.45, 7) is 4.60. The zero-order valence-electron chi connectivity index (χ0n) is 8.73. The monoisotopic (exact) mass is 170 g/mol. The summed E-state index contributed by atoms with van der Waals surface area (Å²) in [5, 5.41) is 0. The van der Waals surface area contributed by atoms with Crippen molar-refractivity contribution in [1.82, 2.24) is 0 Å². The number of methoxy groups -OCH3 is 1. The fourth-order valence-electron chi connectivity index (χ4n) is 2.30. The molecule has 0 bridgehead atoms. The van der Waals surface area contributed by atoms with Crippen molar-refractivity contribution in [2.24, 2.45) is 5.92 Å². The van der Waals surface area contributed by atoms with E-state index >= 15 is 0 Å². The van der Waals surface area contributed by atoms with Crippen LogP contribution >= 0.6 is 0 Å². The van der Waals surface area contributed by atoms with Gasteiger partial charge in [-0.2, -0.15) is 0 Å². The summed E-state index contributed by atoms with van der Waals surface area (Å²) in [6, 6.07) is 0. The lowest BCUT2D eigenvalue weighted by atomic mass is 9.77. The lowest BCUT2D eigenvalue weighted by Gasteiger charge is -2.38. The van der Waals surface area contributed by atoms with E-state index in [4.69, 9.17) is 4.74 Å². The van der Waals surface area contributed by atoms with Gasteiger partial charge in [0.25, 0.3) is 0 Å². The lowest BCUT2D eigenvalue weighted by Crippen LogP contribution is -2.35. The predicted molar refractivity (Wildman–Crippen MR) is 52.3 cm³/mol. The molecule has 0 aromatic carbocycles. The molecule has 0 spiro atoms. The van der Waals surface area contributed by atoms with E-state index in [1.165, 1.54) is 38.5 Å². The molecule has 0 aliphatic heterocycles. The molecule has 72 valence electrons. The molecule has 1 nitrogen and oxygen atoms in total. The molecule has 0 atom stereocenters. The van der Waals surface area contributed by atoms with Crippen molar-refractivity contribution in [3.63, 3.8) is 0 Å². The molecular formula is C11H22O. The summed E-state index contributed by atoms with van der Waals surface area (Å²) < 4.78 is 5.67. The summed E-state index contributed by atoms with van der Waals surface area (Å²) in [5.41, 5.74) is 0.251. The van der Waals surface area contributed by atoms with Gasteiger partial charge in [0.05, 0.1) is 5.60 Å². The Morgan fingerprint density at radius 3 is 2.33 bits per heavy atom. The molecule has 0 radical (unpaired) electrons. The molecular weight excluding hydrogens is 148 g/mol. The smallest absolute Gasteiger partial charge is 0.0678 e. The zero-order chi connectivity index (χ0) is 9.03. The molecule has 1 heteroatoms. The Kier molecular flexibility index (Phi) is 3.57. The summed E-state index contributed by atoms with van der Waals surface area (Å²) in [4.78, 5) is 0. The third-order valence-corrected chi connectivity index (χ3v) is 3.32. The van der Waals surface area contributed by atoms with Gasteiger partial charge in [-0.1, -0.05) is 20.3 Å². The number of rotatable bonds is 3. The highest BCUT2D eigenvalue weighted by Crippen LogP contribution is 2.37. The fraction of sp³-hybridized carbons (Fsp3) is 1.00. The van der Waals surface area contributed by atoms with Crippen molar-refractivity contribution >= 4 is 0 Å². The van der Waals surface area contributed by atoms with E-state index in [0.717, 1.165) is 5.92 Å². The van der Waals surface area contributed by atoms with Crippen molar-refractivity contribution in [2.45, 2.75) is 58.0 Å². The van der Waals surface area contributed by atoms with E-state index in [0.29, 0.717) is 0 Å². The van der Waals surface area contributed by atoms with Crippen LogP contribution in [-0.2, 0) is 4.74 Å². The van der Waals surface area contributed by atoms with Crippen LogP contribution in [0.25, 0.3) is 0 Å². The topological polar surface area (TPSA) is 9.23 Å². The van der Waals surface area contributed by atoms with Crippen LogP contribution in [0.5, 0.6) is 0 Å². The molecule has 0 unspecified atom stereocenters. The normalized spacial score (nSPS) is 36.8. The van der Waals surface area contributed by atoms with Crippen LogP contribution in [0.4, 0.5) is 0 Å². The van der Waals surface area contributed by atoms with Crippen molar-refractivity contribution < 1.29 is 4.74 Å². The minimum Gasteiger partial charge on any atom is -0.378 e. The number of ether oxygens (including phenoxy) is 1. The van der Waals surface area contributed by atoms with Crippen molar-refractivity contribution in [3.8, 4) is 0 Å². The first-order chi connectivity index (χ1) is 5.72. The second-order valence-corrected chi connectivity index (χ2v) is 4.32. The first-order valence-corrected chi connectivity index (χ1v) is 5.27. The molecule has 0 N–H and O–H groups in total. The maximum atomic E-state index is 5.67. The largest absolute Gasteiger partial charge is 0.378 e. The minimum atomic E-state index is 0.251. The molecule has 0 aromatic rings. The van der Waals surface area contributed by atoms with E-state index < -0.39 is 0 Å². The van der Waals surface area contributed by atoms with Gasteiger partial charge in [0.2, 0.25) is 0 Å². The molecule has 1 rings (SSSR count). The van der Waals surface area contributed by atoms with Crippen molar-refractivity contribution in [3.05, 3.63) is 0 Å². The van der Waals surface area contributed by atoms with Gasteiger partial charge in [0, 0.05) is 7.11 Å². The van der Waals surface area contributed by atoms with E-state index in [9.17, 15) is 0 Å². The quantitative estimate of drug-likeness (QED) is 0.631. The second-order valence-electron chi connectivity index (χ2n) is 4.32. The van der Waals surface area contributed by atoms with Crippen LogP contribution in [-0.4, -0.2) is 12.7 Å². The van der Waals surface area contributed by atoms with Gasteiger partial charge >= 0.3 is 0 Å². The highest BCUT2D eigenvalue weighted by atomic mass is 16.5. The van der Waals surface area contributed by atoms with Gasteiger partial charge in [0.15, 0.2) is 0 Å². The average molecular weight is 170 g/mol. The number of hydrogen-bond donors (Lipinski definition) is 0. The predicted octanol–water partition coefficient (Wildman–Crippen LogP) is 3.38. The van der Waals surface area contributed by atoms with Crippen LogP contribution in [0.2, 0.25) is 0 Å². The first kappa shape index (κ1) is 10.0. The van der Waals surface area contributed by atoms with Gasteiger partial charge in [-0.25, -0.2) is 0 Å². The Labute approximate surface area is 76.5 Å². The molecule has 1 saturated carbocycles. The van der Waals surface area contributed by atoms with E-state index in [1.807, 2.05) is 7.11 Å². The van der Waals surface area contributed by atoms with Gasteiger partial charge in [-0.05, 0) is 38.0 Å². The third kappa shape index (κ3) is 2.22. The van der Waals surface area contributed by atoms with E-state index in [1.54, 1.807) is 0 Å². The van der Waals surface area contributed by atoms with Crippen LogP contribution in [0.15, 0.2) is 0 Å². The van der Waals surface area contributed by atoms with E-state index in [2.05, 4.69) is 13.8 Å².